The van der Waals surface area contributed by atoms with Crippen molar-refractivity contribution in [2.45, 2.75) is 39.2 Å². The molecule has 4 heterocycles. The van der Waals surface area contributed by atoms with Crippen molar-refractivity contribution in [3.05, 3.63) is 81.2 Å². The average Bonchev–Trinajstić information content (AvgIpc) is 3.56. The van der Waals surface area contributed by atoms with Crippen LogP contribution in [0.5, 0.6) is 5.75 Å². The zero-order valence-electron chi connectivity index (χ0n) is 22.2. The Morgan fingerprint density at radius 1 is 0.923 bits per heavy atom. The van der Waals surface area contributed by atoms with Crippen LogP contribution < -0.4 is 15.2 Å². The van der Waals surface area contributed by atoms with Gasteiger partial charge in [0.15, 0.2) is 5.82 Å². The molecule has 0 radical (unpaired) electrons. The van der Waals surface area contributed by atoms with Crippen molar-refractivity contribution in [2.75, 3.05) is 37.7 Å². The van der Waals surface area contributed by atoms with E-state index >= 15 is 0 Å². The number of nitrogens with zero attached hydrogens (tertiary/aromatic N) is 6. The Labute approximate surface area is 231 Å². The standard InChI is InChI=1S/C30H32N6O2S/c1-2-38-24-14-8-7-13-23(24)34-18-16-33(17-19-34)20-26-31-32-30-35(21-10-4-3-5-11-21)28(37)27-22-12-6-9-15-25(22)39-29(27)36(26)30/h3-5,7-8,10-11,13-14H,2,6,9,12,15-20H2,1H3. The lowest BCUT2D eigenvalue weighted by molar-refractivity contribution is 0.242. The Morgan fingerprint density at radius 3 is 2.51 bits per heavy atom. The number of aryl methyl sites for hydroxylation is 2. The third kappa shape index (κ3) is 4.20. The van der Waals surface area contributed by atoms with Crippen LogP contribution in [0.4, 0.5) is 5.69 Å². The molecule has 7 rings (SSSR count). The zero-order chi connectivity index (χ0) is 26.3. The Hall–Kier alpha value is -3.69. The van der Waals surface area contributed by atoms with Crippen molar-refractivity contribution < 1.29 is 4.74 Å². The Morgan fingerprint density at radius 2 is 1.69 bits per heavy atom. The summed E-state index contributed by atoms with van der Waals surface area (Å²) in [6, 6.07) is 18.1. The Bertz CT molecular complexity index is 1700. The number of benzene rings is 2. The van der Waals surface area contributed by atoms with Gasteiger partial charge in [0.1, 0.15) is 10.6 Å². The second-order valence-electron chi connectivity index (χ2n) is 10.3. The van der Waals surface area contributed by atoms with Crippen LogP contribution in [0.2, 0.25) is 0 Å². The summed E-state index contributed by atoms with van der Waals surface area (Å²) in [5.74, 6) is 2.43. The van der Waals surface area contributed by atoms with Crippen LogP contribution in [0.1, 0.15) is 36.0 Å². The van der Waals surface area contributed by atoms with Gasteiger partial charge < -0.3 is 9.64 Å². The van der Waals surface area contributed by atoms with Crippen molar-refractivity contribution in [3.63, 3.8) is 0 Å². The van der Waals surface area contributed by atoms with Crippen molar-refractivity contribution >= 4 is 33.0 Å². The SMILES string of the molecule is CCOc1ccccc1N1CCN(Cc2nnc3n(-c4ccccc4)c(=O)c4c5c(sc4n23)CCCC5)CC1. The molecule has 0 N–H and O–H groups in total. The molecule has 1 fully saturated rings. The van der Waals surface area contributed by atoms with Gasteiger partial charge in [0, 0.05) is 31.1 Å². The second kappa shape index (κ2) is 10.1. The molecular weight excluding hydrogens is 508 g/mol. The molecule has 2 aliphatic rings. The fraction of sp³-hybridized carbons (Fsp3) is 0.367. The molecule has 8 nitrogen and oxygen atoms in total. The van der Waals surface area contributed by atoms with E-state index in [4.69, 9.17) is 4.74 Å². The minimum Gasteiger partial charge on any atom is -0.492 e. The highest BCUT2D eigenvalue weighted by atomic mass is 32.1. The summed E-state index contributed by atoms with van der Waals surface area (Å²) in [4.78, 5) is 21.2. The maximum Gasteiger partial charge on any atom is 0.268 e. The topological polar surface area (TPSA) is 67.9 Å². The van der Waals surface area contributed by atoms with Crippen LogP contribution in [0.3, 0.4) is 0 Å². The van der Waals surface area contributed by atoms with Crippen LogP contribution in [-0.4, -0.2) is 56.9 Å². The summed E-state index contributed by atoms with van der Waals surface area (Å²) in [6.07, 6.45) is 4.33. The maximum atomic E-state index is 14.0. The quantitative estimate of drug-likeness (QED) is 0.311. The van der Waals surface area contributed by atoms with Gasteiger partial charge in [0.2, 0.25) is 5.78 Å². The highest BCUT2D eigenvalue weighted by Crippen LogP contribution is 2.36. The van der Waals surface area contributed by atoms with Crippen LogP contribution in [0.15, 0.2) is 59.4 Å². The van der Waals surface area contributed by atoms with Gasteiger partial charge in [-0.1, -0.05) is 30.3 Å². The highest BCUT2D eigenvalue weighted by Gasteiger charge is 2.27. The molecule has 0 saturated carbocycles. The van der Waals surface area contributed by atoms with Gasteiger partial charge in [-0.25, -0.2) is 4.57 Å². The first-order valence-corrected chi connectivity index (χ1v) is 14.7. The molecule has 0 amide bonds. The Balaban J connectivity index is 1.25. The van der Waals surface area contributed by atoms with Crippen LogP contribution in [0.25, 0.3) is 21.7 Å². The number of hydrogen-bond acceptors (Lipinski definition) is 7. The molecule has 1 aliphatic carbocycles. The van der Waals surface area contributed by atoms with Crippen LogP contribution in [0, 0.1) is 0 Å². The molecule has 0 bridgehead atoms. The molecular formula is C30H32N6O2S. The smallest absolute Gasteiger partial charge is 0.268 e. The summed E-state index contributed by atoms with van der Waals surface area (Å²) < 4.78 is 9.79. The van der Waals surface area contributed by atoms with E-state index < -0.39 is 0 Å². The monoisotopic (exact) mass is 540 g/mol. The minimum atomic E-state index is 0.0172. The summed E-state index contributed by atoms with van der Waals surface area (Å²) in [6.45, 7) is 7.03. The number of anilines is 1. The molecule has 0 unspecified atom stereocenters. The minimum absolute atomic E-state index is 0.0172. The third-order valence-electron chi connectivity index (χ3n) is 7.94. The molecule has 1 aliphatic heterocycles. The number of hydrogen-bond donors (Lipinski definition) is 0. The van der Waals surface area contributed by atoms with Gasteiger partial charge in [-0.15, -0.1) is 21.5 Å². The second-order valence-corrected chi connectivity index (χ2v) is 11.4. The number of aromatic nitrogens is 4. The van der Waals surface area contributed by atoms with E-state index in [1.165, 1.54) is 16.9 Å². The molecule has 5 aromatic rings. The fourth-order valence-corrected chi connectivity index (χ4v) is 7.45. The van der Waals surface area contributed by atoms with E-state index in [1.54, 1.807) is 15.9 Å². The van der Waals surface area contributed by atoms with Gasteiger partial charge in [-0.2, -0.15) is 0 Å². The van der Waals surface area contributed by atoms with Crippen molar-refractivity contribution in [1.29, 1.82) is 0 Å². The van der Waals surface area contributed by atoms with E-state index in [9.17, 15) is 4.79 Å². The average molecular weight is 541 g/mol. The molecule has 3 aromatic heterocycles. The summed E-state index contributed by atoms with van der Waals surface area (Å²) in [7, 11) is 0. The molecule has 39 heavy (non-hydrogen) atoms. The first kappa shape index (κ1) is 24.4. The zero-order valence-corrected chi connectivity index (χ0v) is 23.0. The fourth-order valence-electron chi connectivity index (χ4n) is 6.05. The number of piperazine rings is 1. The van der Waals surface area contributed by atoms with Crippen LogP contribution in [-0.2, 0) is 19.4 Å². The predicted octanol–water partition coefficient (Wildman–Crippen LogP) is 4.69. The summed E-state index contributed by atoms with van der Waals surface area (Å²) in [5.41, 5.74) is 3.23. The summed E-state index contributed by atoms with van der Waals surface area (Å²) >= 11 is 1.76. The van der Waals surface area contributed by atoms with Crippen LogP contribution >= 0.6 is 11.3 Å². The van der Waals surface area contributed by atoms with E-state index in [0.29, 0.717) is 18.9 Å². The number of para-hydroxylation sites is 3. The summed E-state index contributed by atoms with van der Waals surface area (Å²) in [5, 5.41) is 10.1. The molecule has 2 aromatic carbocycles. The molecule has 9 heteroatoms. The van der Waals surface area contributed by atoms with Crippen molar-refractivity contribution in [1.82, 2.24) is 24.1 Å². The van der Waals surface area contributed by atoms with E-state index in [0.717, 1.165) is 78.6 Å². The largest absolute Gasteiger partial charge is 0.492 e. The predicted molar refractivity (Wildman–Crippen MR) is 156 cm³/mol. The van der Waals surface area contributed by atoms with Gasteiger partial charge >= 0.3 is 0 Å². The third-order valence-corrected chi connectivity index (χ3v) is 9.22. The van der Waals surface area contributed by atoms with Crippen molar-refractivity contribution in [2.24, 2.45) is 0 Å². The lowest BCUT2D eigenvalue weighted by atomic mass is 9.97. The number of ether oxygens (including phenoxy) is 1. The first-order valence-electron chi connectivity index (χ1n) is 13.9. The van der Waals surface area contributed by atoms with E-state index in [1.807, 2.05) is 49.4 Å². The first-order chi connectivity index (χ1) is 19.2. The Kier molecular flexibility index (Phi) is 6.33. The van der Waals surface area contributed by atoms with E-state index in [2.05, 4.69) is 36.5 Å². The van der Waals surface area contributed by atoms with Gasteiger partial charge in [-0.05, 0) is 62.4 Å². The maximum absolute atomic E-state index is 14.0. The number of fused-ring (bicyclic) bond motifs is 5. The normalized spacial score (nSPS) is 16.2. The molecule has 0 spiro atoms. The molecule has 0 atom stereocenters. The highest BCUT2D eigenvalue weighted by molar-refractivity contribution is 7.18. The lowest BCUT2D eigenvalue weighted by Gasteiger charge is -2.36. The van der Waals surface area contributed by atoms with Crippen molar-refractivity contribution in [3.8, 4) is 11.4 Å². The lowest BCUT2D eigenvalue weighted by Crippen LogP contribution is -2.46. The molecule has 1 saturated heterocycles. The van der Waals surface area contributed by atoms with Gasteiger partial charge in [0.05, 0.1) is 29.9 Å². The number of thiophene rings is 1. The number of rotatable bonds is 6. The van der Waals surface area contributed by atoms with Gasteiger partial charge in [0.25, 0.3) is 5.56 Å². The van der Waals surface area contributed by atoms with E-state index in [-0.39, 0.29) is 5.56 Å². The van der Waals surface area contributed by atoms with Gasteiger partial charge in [-0.3, -0.25) is 14.1 Å². The molecule has 200 valence electrons.